The summed E-state index contributed by atoms with van der Waals surface area (Å²) in [6.45, 7) is 6.24. The third-order valence-electron chi connectivity index (χ3n) is 2.59. The zero-order valence-electron chi connectivity index (χ0n) is 10.0. The van der Waals surface area contributed by atoms with Gasteiger partial charge in [0.25, 0.3) is 0 Å². The molecule has 1 N–H and O–H groups in total. The maximum Gasteiger partial charge on any atom is 0.132 e. The molecule has 17 heavy (non-hydrogen) atoms. The molecule has 1 aromatic heterocycles. The van der Waals surface area contributed by atoms with Crippen LogP contribution in [0.1, 0.15) is 26.5 Å². The third kappa shape index (κ3) is 2.27. The van der Waals surface area contributed by atoms with Gasteiger partial charge < -0.3 is 0 Å². The number of aromatic nitrogens is 2. The summed E-state index contributed by atoms with van der Waals surface area (Å²) >= 11 is 3.50. The number of H-pyrrole nitrogens is 1. The SMILES string of the molecule is CC(C)(C)c1[nH]nc(-c2ccccc2F)c1Br. The monoisotopic (exact) mass is 296 g/mol. The van der Waals surface area contributed by atoms with Crippen molar-refractivity contribution in [1.82, 2.24) is 10.2 Å². The molecule has 0 saturated carbocycles. The molecule has 0 fully saturated rings. The average Bonchev–Trinajstić information content (AvgIpc) is 2.60. The molecule has 0 unspecified atom stereocenters. The van der Waals surface area contributed by atoms with Crippen LogP contribution in [0.25, 0.3) is 11.3 Å². The highest BCUT2D eigenvalue weighted by Crippen LogP contribution is 2.35. The first kappa shape index (κ1) is 12.3. The van der Waals surface area contributed by atoms with Gasteiger partial charge in [-0.3, -0.25) is 5.10 Å². The Hall–Kier alpha value is -1.16. The van der Waals surface area contributed by atoms with Crippen molar-refractivity contribution in [2.45, 2.75) is 26.2 Å². The fraction of sp³-hybridized carbons (Fsp3) is 0.308. The molecule has 0 atom stereocenters. The van der Waals surface area contributed by atoms with Crippen LogP contribution in [0.5, 0.6) is 0 Å². The Bertz CT molecular complexity index is 541. The second kappa shape index (κ2) is 4.26. The van der Waals surface area contributed by atoms with Gasteiger partial charge in [-0.25, -0.2) is 4.39 Å². The summed E-state index contributed by atoms with van der Waals surface area (Å²) in [4.78, 5) is 0. The molecule has 4 heteroatoms. The summed E-state index contributed by atoms with van der Waals surface area (Å²) < 4.78 is 14.5. The fourth-order valence-electron chi connectivity index (χ4n) is 1.66. The Kier molecular flexibility index (Phi) is 3.08. The van der Waals surface area contributed by atoms with Gasteiger partial charge in [-0.15, -0.1) is 0 Å². The summed E-state index contributed by atoms with van der Waals surface area (Å²) in [6, 6.07) is 6.64. The lowest BCUT2D eigenvalue weighted by atomic mass is 9.92. The normalized spacial score (nSPS) is 11.8. The first-order valence-electron chi connectivity index (χ1n) is 5.40. The number of benzene rings is 1. The molecule has 0 amide bonds. The van der Waals surface area contributed by atoms with Crippen LogP contribution in [0.2, 0.25) is 0 Å². The summed E-state index contributed by atoms with van der Waals surface area (Å²) in [5, 5.41) is 7.18. The molecular formula is C13H14BrFN2. The lowest BCUT2D eigenvalue weighted by Crippen LogP contribution is -2.12. The van der Waals surface area contributed by atoms with E-state index in [9.17, 15) is 4.39 Å². The molecule has 1 aromatic carbocycles. The summed E-state index contributed by atoms with van der Waals surface area (Å²) in [5.41, 5.74) is 2.03. The van der Waals surface area contributed by atoms with Gasteiger partial charge in [0.1, 0.15) is 11.5 Å². The van der Waals surface area contributed by atoms with E-state index in [0.29, 0.717) is 11.3 Å². The smallest absolute Gasteiger partial charge is 0.132 e. The van der Waals surface area contributed by atoms with E-state index in [2.05, 4.69) is 46.9 Å². The molecule has 0 radical (unpaired) electrons. The number of hydrogen-bond acceptors (Lipinski definition) is 1. The van der Waals surface area contributed by atoms with Crippen molar-refractivity contribution in [2.24, 2.45) is 0 Å². The molecule has 0 bridgehead atoms. The van der Waals surface area contributed by atoms with Gasteiger partial charge >= 0.3 is 0 Å². The molecule has 0 aliphatic carbocycles. The predicted octanol–water partition coefficient (Wildman–Crippen LogP) is 4.28. The van der Waals surface area contributed by atoms with Crippen molar-refractivity contribution < 1.29 is 4.39 Å². The van der Waals surface area contributed by atoms with Crippen LogP contribution in [-0.4, -0.2) is 10.2 Å². The third-order valence-corrected chi connectivity index (χ3v) is 3.36. The van der Waals surface area contributed by atoms with E-state index in [1.54, 1.807) is 18.2 Å². The second-order valence-electron chi connectivity index (χ2n) is 4.99. The zero-order valence-corrected chi connectivity index (χ0v) is 11.6. The molecule has 2 aromatic rings. The number of rotatable bonds is 1. The van der Waals surface area contributed by atoms with Gasteiger partial charge in [-0.2, -0.15) is 5.10 Å². The second-order valence-corrected chi connectivity index (χ2v) is 5.78. The Morgan fingerprint density at radius 2 is 1.88 bits per heavy atom. The minimum absolute atomic E-state index is 0.0602. The highest BCUT2D eigenvalue weighted by molar-refractivity contribution is 9.10. The van der Waals surface area contributed by atoms with E-state index in [-0.39, 0.29) is 11.2 Å². The van der Waals surface area contributed by atoms with E-state index in [0.717, 1.165) is 10.2 Å². The van der Waals surface area contributed by atoms with E-state index in [1.807, 2.05) is 0 Å². The Morgan fingerprint density at radius 1 is 1.24 bits per heavy atom. The topological polar surface area (TPSA) is 28.7 Å². The summed E-state index contributed by atoms with van der Waals surface area (Å²) in [6.07, 6.45) is 0. The van der Waals surface area contributed by atoms with E-state index >= 15 is 0 Å². The maximum atomic E-state index is 13.7. The van der Waals surface area contributed by atoms with Gasteiger partial charge in [0.05, 0.1) is 10.2 Å². The van der Waals surface area contributed by atoms with E-state index in [4.69, 9.17) is 0 Å². The largest absolute Gasteiger partial charge is 0.280 e. The molecule has 0 spiro atoms. The average molecular weight is 297 g/mol. The fourth-order valence-corrected chi connectivity index (χ4v) is 2.64. The van der Waals surface area contributed by atoms with Gasteiger partial charge in [-0.05, 0) is 28.1 Å². The number of hydrogen-bond donors (Lipinski definition) is 1. The van der Waals surface area contributed by atoms with Crippen LogP contribution >= 0.6 is 15.9 Å². The van der Waals surface area contributed by atoms with Crippen molar-refractivity contribution in [3.63, 3.8) is 0 Å². The highest BCUT2D eigenvalue weighted by atomic mass is 79.9. The number of aromatic amines is 1. The molecular weight excluding hydrogens is 283 g/mol. The van der Waals surface area contributed by atoms with Crippen LogP contribution in [-0.2, 0) is 5.41 Å². The number of halogens is 2. The van der Waals surface area contributed by atoms with Crippen molar-refractivity contribution in [1.29, 1.82) is 0 Å². The Morgan fingerprint density at radius 3 is 2.41 bits per heavy atom. The van der Waals surface area contributed by atoms with Gasteiger partial charge in [0.2, 0.25) is 0 Å². The first-order valence-corrected chi connectivity index (χ1v) is 6.20. The van der Waals surface area contributed by atoms with Gasteiger partial charge in [0, 0.05) is 11.0 Å². The predicted molar refractivity (Wildman–Crippen MR) is 70.4 cm³/mol. The standard InChI is InChI=1S/C13H14BrFN2/c1-13(2,3)12-10(14)11(16-17-12)8-6-4-5-7-9(8)15/h4-7H,1-3H3,(H,16,17). The van der Waals surface area contributed by atoms with Crippen molar-refractivity contribution in [3.8, 4) is 11.3 Å². The van der Waals surface area contributed by atoms with Crippen molar-refractivity contribution >= 4 is 15.9 Å². The minimum atomic E-state index is -0.264. The van der Waals surface area contributed by atoms with E-state index in [1.165, 1.54) is 6.07 Å². The van der Waals surface area contributed by atoms with Crippen LogP contribution < -0.4 is 0 Å². The van der Waals surface area contributed by atoms with Gasteiger partial charge in [0.15, 0.2) is 0 Å². The first-order chi connectivity index (χ1) is 7.91. The molecule has 0 aliphatic rings. The molecule has 1 heterocycles. The Labute approximate surface area is 108 Å². The molecule has 2 rings (SSSR count). The summed E-state index contributed by atoms with van der Waals surface area (Å²) in [5.74, 6) is -0.264. The van der Waals surface area contributed by atoms with E-state index < -0.39 is 0 Å². The molecule has 90 valence electrons. The molecule has 0 saturated heterocycles. The van der Waals surface area contributed by atoms with Crippen LogP contribution in [0, 0.1) is 5.82 Å². The molecule has 0 aliphatic heterocycles. The number of nitrogens with zero attached hydrogens (tertiary/aromatic N) is 1. The highest BCUT2D eigenvalue weighted by Gasteiger charge is 2.23. The van der Waals surface area contributed by atoms with Gasteiger partial charge in [-0.1, -0.05) is 32.9 Å². The molecule has 2 nitrogen and oxygen atoms in total. The maximum absolute atomic E-state index is 13.7. The van der Waals surface area contributed by atoms with Crippen molar-refractivity contribution in [2.75, 3.05) is 0 Å². The number of nitrogens with one attached hydrogen (secondary N) is 1. The van der Waals surface area contributed by atoms with Crippen molar-refractivity contribution in [3.05, 3.63) is 40.2 Å². The zero-order chi connectivity index (χ0) is 12.6. The van der Waals surface area contributed by atoms with Crippen LogP contribution in [0.3, 0.4) is 0 Å². The lowest BCUT2D eigenvalue weighted by Gasteiger charge is -2.16. The van der Waals surface area contributed by atoms with Crippen LogP contribution in [0.4, 0.5) is 4.39 Å². The van der Waals surface area contributed by atoms with Crippen LogP contribution in [0.15, 0.2) is 28.7 Å². The Balaban J connectivity index is 2.56. The minimum Gasteiger partial charge on any atom is -0.280 e. The lowest BCUT2D eigenvalue weighted by molar-refractivity contribution is 0.564. The summed E-state index contributed by atoms with van der Waals surface area (Å²) in [7, 11) is 0. The quantitative estimate of drug-likeness (QED) is 0.836.